The van der Waals surface area contributed by atoms with Crippen molar-refractivity contribution in [2.45, 2.75) is 38.6 Å². The van der Waals surface area contributed by atoms with Crippen LogP contribution in [-0.4, -0.2) is 0 Å². The molecule has 1 nitrogen and oxygen atoms in total. The third-order valence-electron chi connectivity index (χ3n) is 3.99. The second kappa shape index (κ2) is 4.15. The molecule has 0 aliphatic heterocycles. The van der Waals surface area contributed by atoms with Gasteiger partial charge in [0.1, 0.15) is 0 Å². The lowest BCUT2D eigenvalue weighted by atomic mass is 9.91. The van der Waals surface area contributed by atoms with Crippen LogP contribution in [0.4, 0.5) is 0 Å². The number of benzene rings is 2. The van der Waals surface area contributed by atoms with Crippen LogP contribution in [0, 0.1) is 6.92 Å². The maximum Gasteiger partial charge on any atom is 0.0297 e. The molecule has 1 aliphatic rings. The zero-order valence-corrected chi connectivity index (χ0v) is 10.4. The molecule has 2 aromatic rings. The first-order valence-corrected chi connectivity index (χ1v) is 6.54. The fourth-order valence-corrected chi connectivity index (χ4v) is 3.08. The summed E-state index contributed by atoms with van der Waals surface area (Å²) in [6.07, 6.45) is 4.84. The average molecular weight is 225 g/mol. The topological polar surface area (TPSA) is 26.0 Å². The van der Waals surface area contributed by atoms with Crippen LogP contribution in [0.5, 0.6) is 0 Å². The molecule has 2 aromatic carbocycles. The molecule has 88 valence electrons. The highest BCUT2D eigenvalue weighted by Crippen LogP contribution is 2.34. The van der Waals surface area contributed by atoms with Gasteiger partial charge in [-0.15, -0.1) is 0 Å². The Morgan fingerprint density at radius 1 is 1.12 bits per heavy atom. The van der Waals surface area contributed by atoms with Crippen molar-refractivity contribution in [1.82, 2.24) is 0 Å². The first-order valence-electron chi connectivity index (χ1n) is 6.54. The quantitative estimate of drug-likeness (QED) is 0.677. The van der Waals surface area contributed by atoms with Gasteiger partial charge in [-0.1, -0.05) is 36.8 Å². The number of rotatable bonds is 0. The molecule has 0 saturated carbocycles. The van der Waals surface area contributed by atoms with Crippen molar-refractivity contribution in [3.05, 3.63) is 47.0 Å². The monoisotopic (exact) mass is 225 g/mol. The van der Waals surface area contributed by atoms with Crippen LogP contribution in [0.25, 0.3) is 10.8 Å². The van der Waals surface area contributed by atoms with Crippen molar-refractivity contribution in [3.8, 4) is 0 Å². The smallest absolute Gasteiger partial charge is 0.0297 e. The molecule has 3 rings (SSSR count). The van der Waals surface area contributed by atoms with Gasteiger partial charge >= 0.3 is 0 Å². The summed E-state index contributed by atoms with van der Waals surface area (Å²) in [6, 6.07) is 11.3. The fourth-order valence-electron chi connectivity index (χ4n) is 3.08. The summed E-state index contributed by atoms with van der Waals surface area (Å²) < 4.78 is 0. The highest BCUT2D eigenvalue weighted by atomic mass is 14.6. The normalized spacial score (nSPS) is 20.0. The number of nitrogens with two attached hydrogens (primary N) is 1. The SMILES string of the molecule is Cc1cc2c(c3ccccc13)CCCCC2N. The number of hydrogen-bond donors (Lipinski definition) is 1. The van der Waals surface area contributed by atoms with Gasteiger partial charge in [0.15, 0.2) is 0 Å². The summed E-state index contributed by atoms with van der Waals surface area (Å²) in [7, 11) is 0. The summed E-state index contributed by atoms with van der Waals surface area (Å²) in [5.74, 6) is 0. The van der Waals surface area contributed by atoms with Gasteiger partial charge in [0.05, 0.1) is 0 Å². The van der Waals surface area contributed by atoms with Gasteiger partial charge in [-0.25, -0.2) is 0 Å². The molecule has 0 radical (unpaired) electrons. The zero-order valence-electron chi connectivity index (χ0n) is 10.4. The Balaban J connectivity index is 2.34. The fraction of sp³-hybridized carbons (Fsp3) is 0.375. The molecule has 1 aliphatic carbocycles. The zero-order chi connectivity index (χ0) is 11.8. The predicted octanol–water partition coefficient (Wildman–Crippen LogP) is 3.87. The Hall–Kier alpha value is -1.34. The van der Waals surface area contributed by atoms with Gasteiger partial charge < -0.3 is 5.73 Å². The number of hydrogen-bond acceptors (Lipinski definition) is 1. The Morgan fingerprint density at radius 2 is 1.88 bits per heavy atom. The van der Waals surface area contributed by atoms with E-state index in [1.165, 1.54) is 46.7 Å². The van der Waals surface area contributed by atoms with Crippen LogP contribution in [0.1, 0.15) is 42.0 Å². The van der Waals surface area contributed by atoms with Crippen LogP contribution < -0.4 is 5.73 Å². The van der Waals surface area contributed by atoms with E-state index in [9.17, 15) is 0 Å². The molecule has 0 fully saturated rings. The van der Waals surface area contributed by atoms with E-state index in [1.807, 2.05) is 0 Å². The van der Waals surface area contributed by atoms with Crippen LogP contribution in [0.15, 0.2) is 30.3 Å². The Morgan fingerprint density at radius 3 is 2.71 bits per heavy atom. The molecule has 0 saturated heterocycles. The maximum absolute atomic E-state index is 6.31. The van der Waals surface area contributed by atoms with Crippen molar-refractivity contribution in [2.75, 3.05) is 0 Å². The van der Waals surface area contributed by atoms with Crippen molar-refractivity contribution >= 4 is 10.8 Å². The maximum atomic E-state index is 6.31. The molecule has 1 unspecified atom stereocenters. The van der Waals surface area contributed by atoms with Crippen molar-refractivity contribution in [2.24, 2.45) is 5.73 Å². The Kier molecular flexibility index (Phi) is 2.64. The molecule has 0 amide bonds. The van der Waals surface area contributed by atoms with E-state index in [0.29, 0.717) is 0 Å². The minimum atomic E-state index is 0.232. The molecular weight excluding hydrogens is 206 g/mol. The first kappa shape index (κ1) is 10.8. The average Bonchev–Trinajstić information content (AvgIpc) is 2.53. The third kappa shape index (κ3) is 1.75. The summed E-state index contributed by atoms with van der Waals surface area (Å²) in [4.78, 5) is 0. The molecular formula is C16H19N. The van der Waals surface area contributed by atoms with E-state index < -0.39 is 0 Å². The van der Waals surface area contributed by atoms with Gasteiger partial charge in [-0.3, -0.25) is 0 Å². The highest BCUT2D eigenvalue weighted by molar-refractivity contribution is 5.89. The van der Waals surface area contributed by atoms with Gasteiger partial charge in [0.2, 0.25) is 0 Å². The molecule has 0 heterocycles. The molecule has 0 bridgehead atoms. The van der Waals surface area contributed by atoms with E-state index >= 15 is 0 Å². The Bertz CT molecular complexity index is 557. The molecule has 0 aromatic heterocycles. The largest absolute Gasteiger partial charge is 0.324 e. The van der Waals surface area contributed by atoms with Crippen LogP contribution in [0.2, 0.25) is 0 Å². The van der Waals surface area contributed by atoms with Crippen LogP contribution >= 0.6 is 0 Å². The number of fused-ring (bicyclic) bond motifs is 3. The van der Waals surface area contributed by atoms with Crippen LogP contribution in [0.3, 0.4) is 0 Å². The van der Waals surface area contributed by atoms with Gasteiger partial charge in [-0.05, 0) is 53.6 Å². The van der Waals surface area contributed by atoms with E-state index in [0.717, 1.165) is 6.42 Å². The Labute approximate surface area is 103 Å². The minimum Gasteiger partial charge on any atom is -0.324 e. The first-order chi connectivity index (χ1) is 8.27. The summed E-state index contributed by atoms with van der Waals surface area (Å²) in [5, 5.41) is 2.81. The van der Waals surface area contributed by atoms with E-state index in [1.54, 1.807) is 0 Å². The molecule has 0 spiro atoms. The standard InChI is InChI=1S/C16H19N/c1-11-10-15-14(8-4-5-9-16(15)17)13-7-3-2-6-12(11)13/h2-3,6-7,10,16H,4-5,8-9,17H2,1H3. The summed E-state index contributed by atoms with van der Waals surface area (Å²) >= 11 is 0. The van der Waals surface area contributed by atoms with Gasteiger partial charge in [0, 0.05) is 6.04 Å². The lowest BCUT2D eigenvalue weighted by molar-refractivity contribution is 0.615. The molecule has 1 heteroatoms. The lowest BCUT2D eigenvalue weighted by Gasteiger charge is -2.17. The van der Waals surface area contributed by atoms with Crippen molar-refractivity contribution < 1.29 is 0 Å². The second-order valence-corrected chi connectivity index (χ2v) is 5.16. The van der Waals surface area contributed by atoms with Gasteiger partial charge in [-0.2, -0.15) is 0 Å². The highest BCUT2D eigenvalue weighted by Gasteiger charge is 2.18. The van der Waals surface area contributed by atoms with E-state index in [2.05, 4.69) is 37.3 Å². The third-order valence-corrected chi connectivity index (χ3v) is 3.99. The molecule has 2 N–H and O–H groups in total. The summed E-state index contributed by atoms with van der Waals surface area (Å²) in [5.41, 5.74) is 10.5. The van der Waals surface area contributed by atoms with Crippen LogP contribution in [-0.2, 0) is 6.42 Å². The van der Waals surface area contributed by atoms with Crippen molar-refractivity contribution in [1.29, 1.82) is 0 Å². The lowest BCUT2D eigenvalue weighted by Crippen LogP contribution is -2.11. The molecule has 1 atom stereocenters. The number of aryl methyl sites for hydroxylation is 2. The van der Waals surface area contributed by atoms with E-state index in [-0.39, 0.29) is 6.04 Å². The molecule has 17 heavy (non-hydrogen) atoms. The van der Waals surface area contributed by atoms with Crippen molar-refractivity contribution in [3.63, 3.8) is 0 Å². The minimum absolute atomic E-state index is 0.232. The summed E-state index contributed by atoms with van der Waals surface area (Å²) in [6.45, 7) is 2.19. The second-order valence-electron chi connectivity index (χ2n) is 5.16. The van der Waals surface area contributed by atoms with Gasteiger partial charge in [0.25, 0.3) is 0 Å². The predicted molar refractivity (Wildman–Crippen MR) is 73.2 cm³/mol. The van der Waals surface area contributed by atoms with E-state index in [4.69, 9.17) is 5.73 Å².